The first-order valence-electron chi connectivity index (χ1n) is 5.95. The molecule has 2 atom stereocenters. The molecule has 2 amide bonds. The third-order valence-corrected chi connectivity index (χ3v) is 2.83. The molecule has 7 heteroatoms. The van der Waals surface area contributed by atoms with Crippen LogP contribution in [0.2, 0.25) is 0 Å². The van der Waals surface area contributed by atoms with Crippen molar-refractivity contribution in [1.29, 1.82) is 0 Å². The van der Waals surface area contributed by atoms with Crippen LogP contribution in [0.4, 0.5) is 0 Å². The molecule has 1 heterocycles. The highest BCUT2D eigenvalue weighted by molar-refractivity contribution is 5.93. The summed E-state index contributed by atoms with van der Waals surface area (Å²) in [7, 11) is 3.16. The van der Waals surface area contributed by atoms with Crippen molar-refractivity contribution < 1.29 is 23.9 Å². The number of methoxy groups -OCH3 is 1. The van der Waals surface area contributed by atoms with Gasteiger partial charge in [0.25, 0.3) is 0 Å². The van der Waals surface area contributed by atoms with E-state index in [0.29, 0.717) is 31.4 Å². The molecule has 0 saturated carbocycles. The molecule has 106 valence electrons. The van der Waals surface area contributed by atoms with E-state index >= 15 is 0 Å². The number of imide groups is 1. The summed E-state index contributed by atoms with van der Waals surface area (Å²) < 4.78 is 9.96. The van der Waals surface area contributed by atoms with E-state index in [1.807, 2.05) is 0 Å². The number of hydrogen-bond donors (Lipinski definition) is 2. The zero-order chi connectivity index (χ0) is 14.3. The molecule has 2 N–H and O–H groups in total. The lowest BCUT2D eigenvalue weighted by Crippen LogP contribution is -2.48. The van der Waals surface area contributed by atoms with Gasteiger partial charge < -0.3 is 9.47 Å². The van der Waals surface area contributed by atoms with Crippen molar-refractivity contribution in [1.82, 2.24) is 10.6 Å². The Morgan fingerprint density at radius 3 is 2.89 bits per heavy atom. The summed E-state index contributed by atoms with van der Waals surface area (Å²) >= 11 is 0. The number of rotatable bonds is 7. The molecule has 0 aliphatic carbocycles. The average Bonchev–Trinajstić information content (AvgIpc) is 2.38. The third kappa shape index (κ3) is 4.15. The molecule has 0 spiro atoms. The van der Waals surface area contributed by atoms with Crippen LogP contribution in [0.25, 0.3) is 0 Å². The van der Waals surface area contributed by atoms with Crippen molar-refractivity contribution >= 4 is 18.3 Å². The predicted molar refractivity (Wildman–Crippen MR) is 65.8 cm³/mol. The predicted octanol–water partition coefficient (Wildman–Crippen LogP) is -0.669. The van der Waals surface area contributed by atoms with E-state index in [1.165, 1.54) is 6.08 Å². The molecule has 19 heavy (non-hydrogen) atoms. The molecule has 1 aliphatic rings. The second kappa shape index (κ2) is 7.65. The van der Waals surface area contributed by atoms with Gasteiger partial charge in [0.05, 0.1) is 0 Å². The maximum atomic E-state index is 11.9. The van der Waals surface area contributed by atoms with Crippen LogP contribution in [0.15, 0.2) is 11.6 Å². The molecule has 1 aliphatic heterocycles. The summed E-state index contributed by atoms with van der Waals surface area (Å²) in [4.78, 5) is 33.7. The van der Waals surface area contributed by atoms with Gasteiger partial charge in [-0.3, -0.25) is 20.2 Å². The molecule has 0 aromatic carbocycles. The van der Waals surface area contributed by atoms with E-state index in [0.717, 1.165) is 0 Å². The minimum atomic E-state index is -0.769. The number of ether oxygens (including phenoxy) is 2. The van der Waals surface area contributed by atoms with Gasteiger partial charge in [0, 0.05) is 19.8 Å². The molecular weight excluding hydrogens is 252 g/mol. The van der Waals surface area contributed by atoms with Gasteiger partial charge in [-0.05, 0) is 25.5 Å². The zero-order valence-corrected chi connectivity index (χ0v) is 11.0. The second-order valence-electron chi connectivity index (χ2n) is 4.07. The maximum Gasteiger partial charge on any atom is 0.332 e. The van der Waals surface area contributed by atoms with Gasteiger partial charge in [0.15, 0.2) is 6.23 Å². The molecule has 0 aromatic heterocycles. The molecule has 0 radical (unpaired) electrons. The Morgan fingerprint density at radius 1 is 1.58 bits per heavy atom. The number of nitrogens with one attached hydrogen (secondary N) is 2. The summed E-state index contributed by atoms with van der Waals surface area (Å²) in [6.07, 6.45) is 2.06. The van der Waals surface area contributed by atoms with Crippen LogP contribution < -0.4 is 10.6 Å². The first kappa shape index (κ1) is 15.3. The minimum Gasteiger partial charge on any atom is -0.442 e. The highest BCUT2D eigenvalue weighted by Crippen LogP contribution is 2.25. The number of carbonyl (C=O) groups excluding carboxylic acids is 3. The van der Waals surface area contributed by atoms with Gasteiger partial charge in [-0.2, -0.15) is 0 Å². The Morgan fingerprint density at radius 2 is 2.32 bits per heavy atom. The van der Waals surface area contributed by atoms with E-state index in [4.69, 9.17) is 9.47 Å². The monoisotopic (exact) mass is 270 g/mol. The molecule has 1 rings (SSSR count). The summed E-state index contributed by atoms with van der Waals surface area (Å²) in [5.74, 6) is -1.70. The molecule has 0 saturated heterocycles. The Bertz CT molecular complexity index is 380. The molecule has 0 fully saturated rings. The molecule has 0 bridgehead atoms. The van der Waals surface area contributed by atoms with Crippen molar-refractivity contribution in [2.45, 2.75) is 19.1 Å². The lowest BCUT2D eigenvalue weighted by molar-refractivity contribution is -0.151. The van der Waals surface area contributed by atoms with Crippen molar-refractivity contribution in [3.05, 3.63) is 11.6 Å². The molecule has 7 nitrogen and oxygen atoms in total. The van der Waals surface area contributed by atoms with Gasteiger partial charge in [-0.25, -0.2) is 4.79 Å². The van der Waals surface area contributed by atoms with Crippen LogP contribution in [-0.2, 0) is 23.9 Å². The highest BCUT2D eigenvalue weighted by atomic mass is 16.6. The van der Waals surface area contributed by atoms with Gasteiger partial charge in [-0.1, -0.05) is 0 Å². The fourth-order valence-corrected chi connectivity index (χ4v) is 1.99. The van der Waals surface area contributed by atoms with Gasteiger partial charge in [0.2, 0.25) is 12.3 Å². The SMILES string of the molecule is CNC1OC(=O)C=C(CCCOC)C1C(=O)NC=O. The highest BCUT2D eigenvalue weighted by Gasteiger charge is 2.36. The summed E-state index contributed by atoms with van der Waals surface area (Å²) in [6.45, 7) is 0.526. The number of esters is 1. The van der Waals surface area contributed by atoms with Crippen LogP contribution in [-0.4, -0.2) is 45.3 Å². The zero-order valence-electron chi connectivity index (χ0n) is 11.0. The van der Waals surface area contributed by atoms with Crippen molar-refractivity contribution in [3.63, 3.8) is 0 Å². The maximum absolute atomic E-state index is 11.9. The Balaban J connectivity index is 2.87. The van der Waals surface area contributed by atoms with E-state index in [9.17, 15) is 14.4 Å². The van der Waals surface area contributed by atoms with E-state index < -0.39 is 24.0 Å². The van der Waals surface area contributed by atoms with Crippen LogP contribution >= 0.6 is 0 Å². The standard InChI is InChI=1S/C12H18N2O5/c1-13-12-10(11(17)14-7-15)8(4-3-5-18-2)6-9(16)19-12/h6-7,10,12-13H,3-5H2,1-2H3,(H,14,15,17). The number of carbonyl (C=O) groups is 3. The van der Waals surface area contributed by atoms with Crippen LogP contribution in [0.5, 0.6) is 0 Å². The van der Waals surface area contributed by atoms with Crippen LogP contribution in [0, 0.1) is 5.92 Å². The van der Waals surface area contributed by atoms with Crippen LogP contribution in [0.3, 0.4) is 0 Å². The van der Waals surface area contributed by atoms with Gasteiger partial charge in [-0.15, -0.1) is 0 Å². The number of amides is 2. The molecule has 2 unspecified atom stereocenters. The Kier molecular flexibility index (Phi) is 6.17. The summed E-state index contributed by atoms with van der Waals surface area (Å²) in [5.41, 5.74) is 0.631. The van der Waals surface area contributed by atoms with E-state index in [1.54, 1.807) is 14.2 Å². The quantitative estimate of drug-likeness (QED) is 0.362. The van der Waals surface area contributed by atoms with Crippen molar-refractivity contribution in [3.8, 4) is 0 Å². The molecular formula is C12H18N2O5. The minimum absolute atomic E-state index is 0.318. The first-order valence-corrected chi connectivity index (χ1v) is 5.95. The lowest BCUT2D eigenvalue weighted by Gasteiger charge is -2.30. The van der Waals surface area contributed by atoms with Crippen molar-refractivity contribution in [2.75, 3.05) is 20.8 Å². The topological polar surface area (TPSA) is 93.7 Å². The molecule has 0 aromatic rings. The average molecular weight is 270 g/mol. The second-order valence-corrected chi connectivity index (χ2v) is 4.07. The summed E-state index contributed by atoms with van der Waals surface area (Å²) in [6, 6.07) is 0. The Labute approximate surface area is 111 Å². The third-order valence-electron chi connectivity index (χ3n) is 2.83. The van der Waals surface area contributed by atoms with Gasteiger partial charge >= 0.3 is 5.97 Å². The van der Waals surface area contributed by atoms with Crippen molar-refractivity contribution in [2.24, 2.45) is 5.92 Å². The number of cyclic esters (lactones) is 1. The normalized spacial score (nSPS) is 22.4. The smallest absolute Gasteiger partial charge is 0.332 e. The Hall–Kier alpha value is -1.73. The number of hydrogen-bond acceptors (Lipinski definition) is 6. The largest absolute Gasteiger partial charge is 0.442 e. The lowest BCUT2D eigenvalue weighted by atomic mass is 9.90. The fourth-order valence-electron chi connectivity index (χ4n) is 1.99. The first-order chi connectivity index (χ1) is 9.13. The summed E-state index contributed by atoms with van der Waals surface area (Å²) in [5, 5.41) is 4.84. The van der Waals surface area contributed by atoms with E-state index in [-0.39, 0.29) is 0 Å². The fraction of sp³-hybridized carbons (Fsp3) is 0.583. The van der Waals surface area contributed by atoms with Gasteiger partial charge in [0.1, 0.15) is 5.92 Å². The van der Waals surface area contributed by atoms with E-state index in [2.05, 4.69) is 10.6 Å². The van der Waals surface area contributed by atoms with Crippen LogP contribution in [0.1, 0.15) is 12.8 Å².